The van der Waals surface area contributed by atoms with Crippen LogP contribution >= 0.6 is 0 Å². The molecule has 5 heteroatoms. The van der Waals surface area contributed by atoms with Crippen LogP contribution in [0.5, 0.6) is 0 Å². The molecule has 0 aliphatic heterocycles. The fourth-order valence-corrected chi connectivity index (χ4v) is 8.33. The molecule has 0 amide bonds. The standard InChI is InChI=1S/C27H46N2O3/c1-4-19(18-29-32-15-5-14-28)16-21-8-13-27(31)24-7-6-20-17-22(30)9-11-25(20,2)23(24)10-12-26(21,27)3/h16,18,20-24,30-31H,4-15,17,28H2,1-3H3/b19-16+,29-18+/t20-,21-,22+,23+,24-,25+,26-,27+/m1/s1. The van der Waals surface area contributed by atoms with Gasteiger partial charge in [0.15, 0.2) is 0 Å². The first kappa shape index (κ1) is 24.2. The minimum Gasteiger partial charge on any atom is -0.396 e. The Morgan fingerprint density at radius 1 is 1.09 bits per heavy atom. The van der Waals surface area contributed by atoms with Gasteiger partial charge in [-0.25, -0.2) is 0 Å². The monoisotopic (exact) mass is 446 g/mol. The maximum atomic E-state index is 12.3. The summed E-state index contributed by atoms with van der Waals surface area (Å²) in [4.78, 5) is 5.34. The summed E-state index contributed by atoms with van der Waals surface area (Å²) in [7, 11) is 0. The van der Waals surface area contributed by atoms with Crippen molar-refractivity contribution in [2.75, 3.05) is 13.2 Å². The molecule has 0 radical (unpaired) electrons. The lowest BCUT2D eigenvalue weighted by molar-refractivity contribution is -0.207. The lowest BCUT2D eigenvalue weighted by Gasteiger charge is -2.63. The number of rotatable bonds is 7. The molecule has 8 atom stereocenters. The van der Waals surface area contributed by atoms with Crippen LogP contribution in [-0.2, 0) is 4.84 Å². The minimum atomic E-state index is -0.575. The van der Waals surface area contributed by atoms with Crippen molar-refractivity contribution in [1.82, 2.24) is 0 Å². The second-order valence-electron chi connectivity index (χ2n) is 11.8. The molecule has 4 N–H and O–H groups in total. The summed E-state index contributed by atoms with van der Waals surface area (Å²) in [6.07, 6.45) is 15.5. The highest BCUT2D eigenvalue weighted by Crippen LogP contribution is 2.69. The van der Waals surface area contributed by atoms with Gasteiger partial charge in [0.25, 0.3) is 0 Å². The molecule has 4 rings (SSSR count). The van der Waals surface area contributed by atoms with Crippen LogP contribution in [0.15, 0.2) is 16.8 Å². The van der Waals surface area contributed by atoms with Crippen molar-refractivity contribution < 1.29 is 15.1 Å². The topological polar surface area (TPSA) is 88.1 Å². The summed E-state index contributed by atoms with van der Waals surface area (Å²) < 4.78 is 0. The van der Waals surface area contributed by atoms with Crippen LogP contribution in [0.1, 0.15) is 91.4 Å². The van der Waals surface area contributed by atoms with E-state index in [0.717, 1.165) is 57.8 Å². The molecule has 4 saturated carbocycles. The Kier molecular flexibility index (Phi) is 7.10. The summed E-state index contributed by atoms with van der Waals surface area (Å²) in [5.74, 6) is 2.00. The summed E-state index contributed by atoms with van der Waals surface area (Å²) >= 11 is 0. The smallest absolute Gasteiger partial charge is 0.118 e. The van der Waals surface area contributed by atoms with Gasteiger partial charge in [-0.15, -0.1) is 0 Å². The van der Waals surface area contributed by atoms with Gasteiger partial charge in [-0.05, 0) is 112 Å². The van der Waals surface area contributed by atoms with Crippen molar-refractivity contribution in [2.24, 2.45) is 45.4 Å². The third-order valence-corrected chi connectivity index (χ3v) is 10.5. The van der Waals surface area contributed by atoms with Gasteiger partial charge in [0.05, 0.1) is 17.9 Å². The van der Waals surface area contributed by atoms with Crippen LogP contribution in [0.2, 0.25) is 0 Å². The summed E-state index contributed by atoms with van der Waals surface area (Å²) in [6, 6.07) is 0. The lowest BCUT2D eigenvalue weighted by Crippen LogP contribution is -2.62. The van der Waals surface area contributed by atoms with Gasteiger partial charge in [0, 0.05) is 5.41 Å². The Bertz CT molecular complexity index is 724. The van der Waals surface area contributed by atoms with Crippen LogP contribution in [0.3, 0.4) is 0 Å². The van der Waals surface area contributed by atoms with Crippen molar-refractivity contribution in [3.8, 4) is 0 Å². The Hall–Kier alpha value is -0.910. The van der Waals surface area contributed by atoms with Crippen molar-refractivity contribution >= 4 is 6.21 Å². The van der Waals surface area contributed by atoms with Crippen molar-refractivity contribution in [1.29, 1.82) is 0 Å². The number of aliphatic hydroxyl groups is 2. The van der Waals surface area contributed by atoms with Gasteiger partial charge >= 0.3 is 0 Å². The minimum absolute atomic E-state index is 0.0692. The fraction of sp³-hybridized carbons (Fsp3) is 0.889. The van der Waals surface area contributed by atoms with E-state index in [9.17, 15) is 10.2 Å². The predicted octanol–water partition coefficient (Wildman–Crippen LogP) is 4.81. The van der Waals surface area contributed by atoms with Gasteiger partial charge in [0.2, 0.25) is 0 Å². The first-order valence-corrected chi connectivity index (χ1v) is 13.2. The molecule has 0 unspecified atom stereocenters. The zero-order valence-electron chi connectivity index (χ0n) is 20.6. The van der Waals surface area contributed by atoms with Crippen molar-refractivity contribution in [2.45, 2.75) is 103 Å². The van der Waals surface area contributed by atoms with E-state index < -0.39 is 5.60 Å². The second kappa shape index (κ2) is 9.38. The van der Waals surface area contributed by atoms with E-state index in [1.165, 1.54) is 18.4 Å². The van der Waals surface area contributed by atoms with E-state index in [0.29, 0.717) is 36.8 Å². The number of aliphatic hydroxyl groups excluding tert-OH is 1. The normalized spacial score (nSPS) is 46.6. The van der Waals surface area contributed by atoms with Crippen LogP contribution in [-0.4, -0.2) is 41.3 Å². The molecular formula is C27H46N2O3. The average Bonchev–Trinajstić information content (AvgIpc) is 3.04. The third kappa shape index (κ3) is 3.96. The predicted molar refractivity (Wildman–Crippen MR) is 129 cm³/mol. The van der Waals surface area contributed by atoms with Crippen molar-refractivity contribution in [3.05, 3.63) is 11.6 Å². The highest BCUT2D eigenvalue weighted by atomic mass is 16.6. The lowest BCUT2D eigenvalue weighted by atomic mass is 9.43. The molecule has 0 aromatic rings. The molecule has 4 fully saturated rings. The number of fused-ring (bicyclic) bond motifs is 5. The Morgan fingerprint density at radius 2 is 1.91 bits per heavy atom. The average molecular weight is 447 g/mol. The van der Waals surface area contributed by atoms with Crippen LogP contribution in [0.4, 0.5) is 0 Å². The molecule has 0 aromatic carbocycles. The molecule has 0 heterocycles. The second-order valence-corrected chi connectivity index (χ2v) is 11.8. The fourth-order valence-electron chi connectivity index (χ4n) is 8.33. The van der Waals surface area contributed by atoms with Crippen LogP contribution < -0.4 is 5.73 Å². The maximum Gasteiger partial charge on any atom is 0.118 e. The van der Waals surface area contributed by atoms with Crippen molar-refractivity contribution in [3.63, 3.8) is 0 Å². The Balaban J connectivity index is 1.52. The van der Waals surface area contributed by atoms with Crippen LogP contribution in [0, 0.1) is 34.5 Å². The number of oxime groups is 1. The largest absolute Gasteiger partial charge is 0.396 e. The zero-order chi connectivity index (χ0) is 23.0. The molecule has 0 aromatic heterocycles. The highest BCUT2D eigenvalue weighted by Gasteiger charge is 2.66. The van der Waals surface area contributed by atoms with Gasteiger partial charge in [-0.1, -0.05) is 32.0 Å². The number of hydrogen-bond acceptors (Lipinski definition) is 5. The molecule has 182 valence electrons. The van der Waals surface area contributed by atoms with Gasteiger partial charge in [-0.2, -0.15) is 0 Å². The van der Waals surface area contributed by atoms with E-state index in [4.69, 9.17) is 10.6 Å². The molecule has 4 aliphatic rings. The van der Waals surface area contributed by atoms with Gasteiger partial charge in [0.1, 0.15) is 6.61 Å². The quantitative estimate of drug-likeness (QED) is 0.297. The van der Waals surface area contributed by atoms with Crippen LogP contribution in [0.25, 0.3) is 0 Å². The summed E-state index contributed by atoms with van der Waals surface area (Å²) in [5, 5.41) is 26.7. The summed E-state index contributed by atoms with van der Waals surface area (Å²) in [5.41, 5.74) is 6.36. The molecule has 4 aliphatic carbocycles. The molecule has 0 spiro atoms. The van der Waals surface area contributed by atoms with Gasteiger partial charge < -0.3 is 20.8 Å². The molecular weight excluding hydrogens is 400 g/mol. The molecule has 0 bridgehead atoms. The Labute approximate surface area is 194 Å². The highest BCUT2D eigenvalue weighted by molar-refractivity contribution is 5.77. The molecule has 5 nitrogen and oxygen atoms in total. The van der Waals surface area contributed by atoms with E-state index in [2.05, 4.69) is 32.0 Å². The number of allylic oxidation sites excluding steroid dienone is 2. The van der Waals surface area contributed by atoms with E-state index in [1.54, 1.807) is 0 Å². The first-order chi connectivity index (χ1) is 15.3. The van der Waals surface area contributed by atoms with E-state index >= 15 is 0 Å². The van der Waals surface area contributed by atoms with Gasteiger partial charge in [-0.3, -0.25) is 0 Å². The van der Waals surface area contributed by atoms with E-state index in [1.807, 2.05) is 6.21 Å². The summed E-state index contributed by atoms with van der Waals surface area (Å²) in [6.45, 7) is 8.18. The number of hydrogen-bond donors (Lipinski definition) is 3. The maximum absolute atomic E-state index is 12.3. The molecule has 32 heavy (non-hydrogen) atoms. The SMILES string of the molecule is CCC(/C=N/OCCCN)=C\[C@H]1CC[C@]2(O)[C@@H]3CC[C@@H]4C[C@@H](O)CC[C@]4(C)[C@H]3CC[C@]12C. The number of nitrogens with zero attached hydrogens (tertiary/aromatic N) is 1. The Morgan fingerprint density at radius 3 is 2.66 bits per heavy atom. The zero-order valence-corrected chi connectivity index (χ0v) is 20.6. The molecule has 0 saturated heterocycles. The number of nitrogens with two attached hydrogens (primary N) is 1. The first-order valence-electron chi connectivity index (χ1n) is 13.2. The third-order valence-electron chi connectivity index (χ3n) is 10.5. The van der Waals surface area contributed by atoms with E-state index in [-0.39, 0.29) is 16.9 Å².